The monoisotopic (exact) mass is 338 g/mol. The van der Waals surface area contributed by atoms with Crippen molar-refractivity contribution in [2.45, 2.75) is 11.9 Å². The average molecular weight is 338 g/mol. The minimum Gasteiger partial charge on any atom is -0.507 e. The summed E-state index contributed by atoms with van der Waals surface area (Å²) in [6.07, 6.45) is -1.00. The van der Waals surface area contributed by atoms with Crippen LogP contribution in [0.4, 0.5) is 0 Å². The summed E-state index contributed by atoms with van der Waals surface area (Å²) in [5, 5.41) is 33.0. The predicted molar refractivity (Wildman–Crippen MR) is 88.9 cm³/mol. The van der Waals surface area contributed by atoms with Gasteiger partial charge in [0.05, 0.1) is 5.57 Å². The molecule has 0 heterocycles. The highest BCUT2D eigenvalue weighted by molar-refractivity contribution is 6.23. The zero-order valence-electron chi connectivity index (χ0n) is 13.2. The molecule has 126 valence electrons. The topological polar surface area (TPSA) is 104 Å². The number of hydrogen-bond donors (Lipinski definition) is 3. The number of aliphatic hydroxyl groups excluding tert-OH is 2. The minimum absolute atomic E-state index is 0.181. The Morgan fingerprint density at radius 1 is 1.08 bits per heavy atom. The molecule has 25 heavy (non-hydrogen) atoms. The molecule has 4 rings (SSSR count). The van der Waals surface area contributed by atoms with Crippen LogP contribution in [-0.2, 0) is 9.53 Å². The molecule has 6 nitrogen and oxygen atoms in total. The van der Waals surface area contributed by atoms with Crippen molar-refractivity contribution in [3.05, 3.63) is 64.7 Å². The van der Waals surface area contributed by atoms with E-state index >= 15 is 0 Å². The largest absolute Gasteiger partial charge is 0.507 e. The van der Waals surface area contributed by atoms with Crippen molar-refractivity contribution < 1.29 is 29.6 Å². The number of Topliss-reactive ketones (excluding diaryl/α,β-unsaturated/α-hetero) is 1. The van der Waals surface area contributed by atoms with Gasteiger partial charge in [0.25, 0.3) is 0 Å². The highest BCUT2D eigenvalue weighted by Gasteiger charge is 2.53. The molecule has 2 aromatic rings. The van der Waals surface area contributed by atoms with Gasteiger partial charge < -0.3 is 20.1 Å². The highest BCUT2D eigenvalue weighted by Crippen LogP contribution is 2.44. The Balaban J connectivity index is 2.10. The van der Waals surface area contributed by atoms with Crippen LogP contribution in [0, 0.1) is 0 Å². The van der Waals surface area contributed by atoms with E-state index in [-0.39, 0.29) is 22.3 Å². The molecule has 2 aliphatic carbocycles. The van der Waals surface area contributed by atoms with Gasteiger partial charge in [-0.3, -0.25) is 9.59 Å². The number of rotatable bonds is 1. The van der Waals surface area contributed by atoms with Gasteiger partial charge in [-0.1, -0.05) is 24.3 Å². The van der Waals surface area contributed by atoms with Crippen molar-refractivity contribution in [1.82, 2.24) is 0 Å². The molecule has 6 heteroatoms. The molecule has 0 saturated heterocycles. The second-order valence-corrected chi connectivity index (χ2v) is 6.06. The third-order valence-corrected chi connectivity index (χ3v) is 4.73. The summed E-state index contributed by atoms with van der Waals surface area (Å²) in [5.41, 5.74) is -0.0449. The molecule has 0 aliphatic heterocycles. The van der Waals surface area contributed by atoms with Crippen LogP contribution in [-0.4, -0.2) is 45.9 Å². The van der Waals surface area contributed by atoms with Crippen LogP contribution in [0.2, 0.25) is 0 Å². The van der Waals surface area contributed by atoms with Gasteiger partial charge in [-0.05, 0) is 29.0 Å². The number of methoxy groups -OCH3 is 1. The first kappa shape index (κ1) is 15.7. The molecule has 0 aromatic heterocycles. The number of carbonyl (C=O) groups is 2. The van der Waals surface area contributed by atoms with Crippen LogP contribution < -0.4 is 0 Å². The first-order valence-electron chi connectivity index (χ1n) is 7.61. The second-order valence-electron chi connectivity index (χ2n) is 6.06. The van der Waals surface area contributed by atoms with Gasteiger partial charge in [-0.15, -0.1) is 0 Å². The molecule has 2 unspecified atom stereocenters. The number of ketones is 2. The van der Waals surface area contributed by atoms with E-state index in [1.165, 1.54) is 0 Å². The summed E-state index contributed by atoms with van der Waals surface area (Å²) >= 11 is 0. The Kier molecular flexibility index (Phi) is 3.20. The van der Waals surface area contributed by atoms with Crippen LogP contribution in [0.5, 0.6) is 0 Å². The van der Waals surface area contributed by atoms with Gasteiger partial charge in [-0.25, -0.2) is 0 Å². The van der Waals surface area contributed by atoms with Crippen LogP contribution in [0.1, 0.15) is 15.9 Å². The maximum absolute atomic E-state index is 12.9. The Morgan fingerprint density at radius 2 is 1.68 bits per heavy atom. The molecular formula is C19H14O6. The summed E-state index contributed by atoms with van der Waals surface area (Å²) in [5.74, 6) is -4.29. The van der Waals surface area contributed by atoms with Gasteiger partial charge in [0.15, 0.2) is 17.7 Å². The lowest BCUT2D eigenvalue weighted by molar-refractivity contribution is -0.212. The summed E-state index contributed by atoms with van der Waals surface area (Å²) in [6.45, 7) is 0. The lowest BCUT2D eigenvalue weighted by Gasteiger charge is -2.38. The standard InChI is InChI=1S/C19H14O6/c1-25-19(24)15-13(8-14(20)18(19)23)16(21)11-6-9-4-2-3-5-10(9)7-12(11)17(15)22/h2-8,18,22-24H,1H3. The van der Waals surface area contributed by atoms with Crippen molar-refractivity contribution in [3.8, 4) is 0 Å². The first-order valence-corrected chi connectivity index (χ1v) is 7.61. The Labute approximate surface area is 142 Å². The van der Waals surface area contributed by atoms with Gasteiger partial charge in [0.2, 0.25) is 5.79 Å². The molecule has 0 bridgehead atoms. The number of fused-ring (bicyclic) bond motifs is 3. The summed E-state index contributed by atoms with van der Waals surface area (Å²) in [4.78, 5) is 24.9. The Morgan fingerprint density at radius 3 is 2.28 bits per heavy atom. The lowest BCUT2D eigenvalue weighted by Crippen LogP contribution is -2.54. The SMILES string of the molecule is COC1(O)C2=C(O)c3cc4ccccc4cc3C(=O)C2=CC(=O)C1O. The van der Waals surface area contributed by atoms with Gasteiger partial charge in [-0.2, -0.15) is 0 Å². The number of hydrogen-bond acceptors (Lipinski definition) is 6. The molecule has 0 amide bonds. The fourth-order valence-electron chi connectivity index (χ4n) is 3.41. The highest BCUT2D eigenvalue weighted by atomic mass is 16.6. The molecule has 0 spiro atoms. The third kappa shape index (κ3) is 1.96. The summed E-state index contributed by atoms with van der Waals surface area (Å²) < 4.78 is 4.93. The zero-order chi connectivity index (χ0) is 17.9. The van der Waals surface area contributed by atoms with Crippen LogP contribution in [0.15, 0.2) is 53.6 Å². The lowest BCUT2D eigenvalue weighted by atomic mass is 9.75. The first-order chi connectivity index (χ1) is 11.9. The van der Waals surface area contributed by atoms with Gasteiger partial charge in [0.1, 0.15) is 5.76 Å². The average Bonchev–Trinajstić information content (AvgIpc) is 2.62. The van der Waals surface area contributed by atoms with E-state index in [1.807, 2.05) is 24.3 Å². The maximum Gasteiger partial charge on any atom is 0.231 e. The maximum atomic E-state index is 12.9. The van der Waals surface area contributed by atoms with Gasteiger partial charge >= 0.3 is 0 Å². The number of aliphatic hydroxyl groups is 3. The Hall–Kier alpha value is -2.80. The molecule has 2 atom stereocenters. The van der Waals surface area contributed by atoms with E-state index in [0.29, 0.717) is 0 Å². The molecule has 0 fully saturated rings. The van der Waals surface area contributed by atoms with Gasteiger partial charge in [0, 0.05) is 23.8 Å². The van der Waals surface area contributed by atoms with E-state index in [9.17, 15) is 24.9 Å². The van der Waals surface area contributed by atoms with Crippen molar-refractivity contribution in [1.29, 1.82) is 0 Å². The molecule has 2 aromatic carbocycles. The van der Waals surface area contributed by atoms with Crippen molar-refractivity contribution >= 4 is 28.1 Å². The van der Waals surface area contributed by atoms with Crippen molar-refractivity contribution in [2.24, 2.45) is 0 Å². The second kappa shape index (κ2) is 5.10. The predicted octanol–water partition coefficient (Wildman–Crippen LogP) is 1.51. The summed E-state index contributed by atoms with van der Waals surface area (Å²) in [7, 11) is 1.08. The van der Waals surface area contributed by atoms with E-state index < -0.39 is 29.2 Å². The quantitative estimate of drug-likeness (QED) is 0.681. The van der Waals surface area contributed by atoms with Crippen LogP contribution in [0.3, 0.4) is 0 Å². The van der Waals surface area contributed by atoms with Crippen LogP contribution in [0.25, 0.3) is 16.5 Å². The molecular weight excluding hydrogens is 324 g/mol. The van der Waals surface area contributed by atoms with Crippen molar-refractivity contribution in [3.63, 3.8) is 0 Å². The fraction of sp³-hybridized carbons (Fsp3) is 0.158. The third-order valence-electron chi connectivity index (χ3n) is 4.73. The fourth-order valence-corrected chi connectivity index (χ4v) is 3.41. The van der Waals surface area contributed by atoms with E-state index in [2.05, 4.69) is 0 Å². The Bertz CT molecular complexity index is 1020. The summed E-state index contributed by atoms with van der Waals surface area (Å²) in [6, 6.07) is 10.6. The van der Waals surface area contributed by atoms with E-state index in [1.54, 1.807) is 12.1 Å². The molecule has 0 radical (unpaired) electrons. The number of ether oxygens (including phenoxy) is 1. The van der Waals surface area contributed by atoms with Crippen molar-refractivity contribution in [2.75, 3.05) is 7.11 Å². The molecule has 0 saturated carbocycles. The van der Waals surface area contributed by atoms with E-state index in [4.69, 9.17) is 4.74 Å². The molecule has 2 aliphatic rings. The zero-order valence-corrected chi connectivity index (χ0v) is 13.2. The number of carbonyl (C=O) groups excluding carboxylic acids is 2. The normalized spacial score (nSPS) is 25.7. The van der Waals surface area contributed by atoms with E-state index in [0.717, 1.165) is 24.0 Å². The smallest absolute Gasteiger partial charge is 0.231 e. The van der Waals surface area contributed by atoms with Crippen LogP contribution >= 0.6 is 0 Å². The minimum atomic E-state index is -2.50. The number of benzene rings is 2. The molecule has 3 N–H and O–H groups in total.